The van der Waals surface area contributed by atoms with Gasteiger partial charge in [0, 0.05) is 24.6 Å². The molecule has 6 aromatic rings. The lowest BCUT2D eigenvalue weighted by Crippen LogP contribution is -2.75. The molecule has 5 aromatic carbocycles. The van der Waals surface area contributed by atoms with Gasteiger partial charge >= 0.3 is 5.97 Å². The van der Waals surface area contributed by atoms with Crippen LogP contribution in [-0.4, -0.2) is 91.8 Å². The molecule has 2 amide bonds. The second-order valence-electron chi connectivity index (χ2n) is 18.3. The summed E-state index contributed by atoms with van der Waals surface area (Å²) in [4.78, 5) is 56.7. The number of nitrogens with zero attached hydrogens (tertiary/aromatic N) is 4. The van der Waals surface area contributed by atoms with Crippen molar-refractivity contribution >= 4 is 50.8 Å². The van der Waals surface area contributed by atoms with Gasteiger partial charge in [-0.3, -0.25) is 23.2 Å². The number of fused-ring (bicyclic) bond motifs is 1. The highest BCUT2D eigenvalue weighted by atomic mass is 32.2. The lowest BCUT2D eigenvalue weighted by molar-refractivity contribution is -0.861. The highest BCUT2D eigenvalue weighted by molar-refractivity contribution is 7.86. The fraction of sp³-hybridized carbons (Fsp3) is 0.291. The van der Waals surface area contributed by atoms with Crippen molar-refractivity contribution in [3.63, 3.8) is 0 Å². The topological polar surface area (TPSA) is 149 Å². The SMILES string of the molecule is CC1C([N+]2(C)CCCC2)=C(C(=O)OC(c2ccccc2)c2ccccc2)N2C(=O)C(NC(=O)C(=NOC3CCCCO3)c3csc(NC(c4ccccc4)(c4ccccc4)c4ccccc4)n3)[C@H]2S1=O. The van der Waals surface area contributed by atoms with Crippen LogP contribution in [0.25, 0.3) is 0 Å². The summed E-state index contributed by atoms with van der Waals surface area (Å²) < 4.78 is 27.4. The number of thiazole rings is 1. The molecule has 358 valence electrons. The van der Waals surface area contributed by atoms with E-state index in [1.54, 1.807) is 5.38 Å². The Morgan fingerprint density at radius 3 is 1.89 bits per heavy atom. The quantitative estimate of drug-likeness (QED) is 0.0259. The molecule has 2 N–H and O–H groups in total. The number of nitrogens with one attached hydrogen (secondary N) is 2. The van der Waals surface area contributed by atoms with Crippen LogP contribution in [0, 0.1) is 0 Å². The molecule has 15 heteroatoms. The maximum atomic E-state index is 15.0. The van der Waals surface area contributed by atoms with Crippen LogP contribution in [0.3, 0.4) is 0 Å². The van der Waals surface area contributed by atoms with Gasteiger partial charge in [0.05, 0.1) is 37.5 Å². The third-order valence-electron chi connectivity index (χ3n) is 13.8. The van der Waals surface area contributed by atoms with E-state index in [1.807, 2.05) is 129 Å². The predicted molar refractivity (Wildman–Crippen MR) is 269 cm³/mol. The number of hydrogen-bond donors (Lipinski definition) is 2. The lowest BCUT2D eigenvalue weighted by atomic mass is 9.77. The minimum atomic E-state index is -1.75. The Balaban J connectivity index is 0.983. The summed E-state index contributed by atoms with van der Waals surface area (Å²) >= 11 is 1.29. The maximum Gasteiger partial charge on any atom is 0.361 e. The highest BCUT2D eigenvalue weighted by Crippen LogP contribution is 2.45. The first-order chi connectivity index (χ1) is 34.2. The van der Waals surface area contributed by atoms with Gasteiger partial charge in [0.15, 0.2) is 28.3 Å². The van der Waals surface area contributed by atoms with E-state index >= 15 is 0 Å². The number of esters is 1. The smallest absolute Gasteiger partial charge is 0.361 e. The lowest BCUT2D eigenvalue weighted by Gasteiger charge is -2.52. The molecule has 4 aliphatic heterocycles. The Kier molecular flexibility index (Phi) is 13.6. The van der Waals surface area contributed by atoms with Crippen LogP contribution in [0.5, 0.6) is 0 Å². The van der Waals surface area contributed by atoms with Crippen molar-refractivity contribution in [3.8, 4) is 0 Å². The van der Waals surface area contributed by atoms with Gasteiger partial charge in [0.25, 0.3) is 11.8 Å². The molecule has 0 saturated carbocycles. The molecule has 70 heavy (non-hydrogen) atoms. The largest absolute Gasteiger partial charge is 0.448 e. The molecule has 10 rings (SSSR count). The minimum Gasteiger partial charge on any atom is -0.448 e. The van der Waals surface area contributed by atoms with Crippen LogP contribution < -0.4 is 10.6 Å². The maximum absolute atomic E-state index is 15.0. The number of amides is 2. The van der Waals surface area contributed by atoms with Gasteiger partial charge in [-0.1, -0.05) is 157 Å². The van der Waals surface area contributed by atoms with E-state index in [4.69, 9.17) is 19.3 Å². The summed E-state index contributed by atoms with van der Waals surface area (Å²) in [5, 5.41) is 11.5. The van der Waals surface area contributed by atoms with E-state index in [0.717, 1.165) is 53.5 Å². The number of carbonyl (C=O) groups excluding carboxylic acids is 3. The fourth-order valence-corrected chi connectivity index (χ4v) is 13.0. The van der Waals surface area contributed by atoms with E-state index in [1.165, 1.54) is 16.2 Å². The molecule has 13 nitrogen and oxygen atoms in total. The van der Waals surface area contributed by atoms with E-state index in [9.17, 15) is 18.6 Å². The number of ether oxygens (including phenoxy) is 2. The second kappa shape index (κ2) is 20.3. The number of rotatable bonds is 15. The third kappa shape index (κ3) is 8.98. The number of benzene rings is 5. The van der Waals surface area contributed by atoms with Gasteiger partial charge in [-0.05, 0) is 47.6 Å². The summed E-state index contributed by atoms with van der Waals surface area (Å²) in [6.45, 7) is 3.74. The Morgan fingerprint density at radius 2 is 1.36 bits per heavy atom. The Labute approximate surface area is 414 Å². The first-order valence-electron chi connectivity index (χ1n) is 23.9. The monoisotopic (exact) mass is 975 g/mol. The van der Waals surface area contributed by atoms with Crippen molar-refractivity contribution in [1.82, 2.24) is 15.2 Å². The number of aromatic nitrogens is 1. The van der Waals surface area contributed by atoms with Crippen molar-refractivity contribution in [2.24, 2.45) is 5.16 Å². The molecule has 0 radical (unpaired) electrons. The van der Waals surface area contributed by atoms with Gasteiger partial charge in [0.1, 0.15) is 27.9 Å². The third-order valence-corrected chi connectivity index (χ3v) is 16.5. The van der Waals surface area contributed by atoms with Gasteiger partial charge in [-0.25, -0.2) is 9.78 Å². The zero-order valence-corrected chi connectivity index (χ0v) is 40.7. The average Bonchev–Trinajstić information content (AvgIpc) is 4.07. The highest BCUT2D eigenvalue weighted by Gasteiger charge is 2.63. The van der Waals surface area contributed by atoms with Gasteiger partial charge in [-0.2, -0.15) is 0 Å². The van der Waals surface area contributed by atoms with Gasteiger partial charge in [-0.15, -0.1) is 11.3 Å². The van der Waals surface area contributed by atoms with Gasteiger partial charge in [0.2, 0.25) is 6.29 Å². The van der Waals surface area contributed by atoms with E-state index < -0.39 is 63.2 Å². The molecule has 0 bridgehead atoms. The zero-order chi connectivity index (χ0) is 48.2. The van der Waals surface area contributed by atoms with Crippen LogP contribution >= 0.6 is 11.3 Å². The summed E-state index contributed by atoms with van der Waals surface area (Å²) in [5.41, 5.74) is 4.18. The first-order valence-corrected chi connectivity index (χ1v) is 26.0. The number of anilines is 1. The molecule has 0 spiro atoms. The molecule has 3 saturated heterocycles. The molecule has 4 unspecified atom stereocenters. The molecule has 5 atom stereocenters. The summed E-state index contributed by atoms with van der Waals surface area (Å²) in [7, 11) is 0.279. The van der Waals surface area contributed by atoms with Crippen LogP contribution in [0.15, 0.2) is 174 Å². The summed E-state index contributed by atoms with van der Waals surface area (Å²) in [5.74, 6) is -2.05. The first kappa shape index (κ1) is 46.9. The molecular formula is C55H55N6O7S2+. The van der Waals surface area contributed by atoms with E-state index in [-0.39, 0.29) is 17.1 Å². The van der Waals surface area contributed by atoms with Crippen LogP contribution in [0.4, 0.5) is 5.13 Å². The van der Waals surface area contributed by atoms with Gasteiger partial charge < -0.3 is 24.9 Å². The molecule has 1 aromatic heterocycles. The van der Waals surface area contributed by atoms with Crippen molar-refractivity contribution in [2.75, 3.05) is 32.1 Å². The average molecular weight is 976 g/mol. The standard InChI is InChI=1S/C55H54N6O7S2/c1-37-48(61(2)33-19-20-34-61)47(53(64)67-49(38-22-8-3-9-23-38)39-24-10-4-11-25-39)60-51(63)46(52(60)70(37)65)57-50(62)45(59-68-44-32-18-21-35-66-44)43-36-69-54(56-43)58-55(40-26-12-5-13-27-40,41-28-14-6-15-29-41)42-30-16-7-17-31-42/h3-17,22-31,36-37,44,46,49,52H,18-21,32-35H2,1-2H3,(H-,56,57,58,62)/p+1/t37?,44?,46?,52-,70?/m1/s1. The molecule has 4 aliphatic rings. The Bertz CT molecular complexity index is 2770. The van der Waals surface area contributed by atoms with Crippen molar-refractivity contribution in [3.05, 3.63) is 202 Å². The number of β-lactam (4-membered cyclic amide) rings is 1. The molecular weight excluding hydrogens is 921 g/mol. The van der Waals surface area contributed by atoms with Crippen molar-refractivity contribution in [2.45, 2.75) is 73.6 Å². The predicted octanol–water partition coefficient (Wildman–Crippen LogP) is 8.38. The normalized spacial score (nSPS) is 22.2. The number of hydrogen-bond acceptors (Lipinski definition) is 11. The number of oxime groups is 1. The number of carbonyl (C=O) groups is 3. The number of likely N-dealkylation sites (tertiary alicyclic amines) is 1. The Morgan fingerprint density at radius 1 is 0.814 bits per heavy atom. The molecule has 3 fully saturated rings. The van der Waals surface area contributed by atoms with Crippen molar-refractivity contribution in [1.29, 1.82) is 0 Å². The molecule has 5 heterocycles. The molecule has 0 aliphatic carbocycles. The van der Waals surface area contributed by atoms with Crippen LogP contribution in [0.1, 0.15) is 78.6 Å². The Hall–Kier alpha value is -6.78. The second-order valence-corrected chi connectivity index (χ2v) is 21.0. The van der Waals surface area contributed by atoms with Crippen molar-refractivity contribution < 1.29 is 37.4 Å². The van der Waals surface area contributed by atoms with Crippen LogP contribution in [0.2, 0.25) is 0 Å². The summed E-state index contributed by atoms with van der Waals surface area (Å²) in [6, 6.07) is 47.9. The zero-order valence-electron chi connectivity index (χ0n) is 39.0. The van der Waals surface area contributed by atoms with E-state index in [0.29, 0.717) is 41.4 Å². The summed E-state index contributed by atoms with van der Waals surface area (Å²) in [6.07, 6.45) is 2.65. The minimum absolute atomic E-state index is 0.0782. The fourth-order valence-electron chi connectivity index (χ4n) is 10.3. The van der Waals surface area contributed by atoms with E-state index in [2.05, 4.69) is 52.2 Å². The van der Waals surface area contributed by atoms with Crippen LogP contribution in [-0.2, 0) is 45.0 Å². The number of quaternary nitrogens is 1.